The minimum absolute atomic E-state index is 0.273. The van der Waals surface area contributed by atoms with E-state index in [-0.39, 0.29) is 11.7 Å². The first-order chi connectivity index (χ1) is 10.2. The van der Waals surface area contributed by atoms with Crippen molar-refractivity contribution in [1.82, 2.24) is 5.32 Å². The molecule has 21 heavy (non-hydrogen) atoms. The highest BCUT2D eigenvalue weighted by atomic mass is 16.3. The van der Waals surface area contributed by atoms with Crippen molar-refractivity contribution < 1.29 is 9.21 Å². The van der Waals surface area contributed by atoms with Gasteiger partial charge in [0, 0.05) is 5.39 Å². The van der Waals surface area contributed by atoms with E-state index >= 15 is 0 Å². The minimum Gasteiger partial charge on any atom is -0.451 e. The molecule has 1 aliphatic carbocycles. The molecule has 0 aliphatic heterocycles. The number of nitriles is 1. The number of benzene rings is 1. The van der Waals surface area contributed by atoms with Crippen LogP contribution in [0.4, 0.5) is 0 Å². The Hall–Kier alpha value is -2.28. The topological polar surface area (TPSA) is 66.0 Å². The van der Waals surface area contributed by atoms with E-state index in [9.17, 15) is 10.1 Å². The quantitative estimate of drug-likeness (QED) is 0.852. The van der Waals surface area contributed by atoms with Gasteiger partial charge in [0.2, 0.25) is 0 Å². The van der Waals surface area contributed by atoms with Crippen LogP contribution in [0.15, 0.2) is 34.7 Å². The molecule has 1 saturated carbocycles. The average Bonchev–Trinajstić information content (AvgIpc) is 2.81. The first kappa shape index (κ1) is 13.7. The summed E-state index contributed by atoms with van der Waals surface area (Å²) in [5.74, 6) is -0.0234. The Kier molecular flexibility index (Phi) is 3.66. The highest BCUT2D eigenvalue weighted by Crippen LogP contribution is 2.27. The zero-order chi connectivity index (χ0) is 14.7. The van der Waals surface area contributed by atoms with Gasteiger partial charge in [0.15, 0.2) is 5.76 Å². The Bertz CT molecular complexity index is 655. The molecule has 0 bridgehead atoms. The van der Waals surface area contributed by atoms with Crippen LogP contribution in [-0.4, -0.2) is 11.4 Å². The monoisotopic (exact) mass is 282 g/mol. The van der Waals surface area contributed by atoms with Crippen LogP contribution in [0, 0.1) is 11.3 Å². The number of para-hydroxylation sites is 1. The van der Waals surface area contributed by atoms with Crippen LogP contribution >= 0.6 is 0 Å². The fourth-order valence-corrected chi connectivity index (χ4v) is 2.97. The van der Waals surface area contributed by atoms with Crippen molar-refractivity contribution in [3.05, 3.63) is 36.1 Å². The van der Waals surface area contributed by atoms with Gasteiger partial charge < -0.3 is 9.73 Å². The molecule has 1 aromatic heterocycles. The molecule has 2 aromatic rings. The molecule has 0 saturated heterocycles. The molecular weight excluding hydrogens is 264 g/mol. The van der Waals surface area contributed by atoms with Crippen LogP contribution in [0.1, 0.15) is 49.1 Å². The lowest BCUT2D eigenvalue weighted by Gasteiger charge is -2.25. The van der Waals surface area contributed by atoms with Gasteiger partial charge in [0.1, 0.15) is 11.1 Å². The maximum atomic E-state index is 12.4. The number of nitrogens with one attached hydrogen (secondary N) is 1. The van der Waals surface area contributed by atoms with E-state index in [1.54, 1.807) is 6.07 Å². The number of amides is 1. The standard InChI is InChI=1S/C17H18N2O2/c18-12-17(9-5-1-2-6-10-17)19-16(20)15-11-13-7-3-4-8-14(13)21-15/h3-4,7-8,11H,1-2,5-6,9-10H2,(H,19,20). The zero-order valence-corrected chi connectivity index (χ0v) is 11.9. The number of carbonyl (C=O) groups is 1. The van der Waals surface area contributed by atoms with E-state index in [4.69, 9.17) is 4.42 Å². The normalized spacial score (nSPS) is 17.9. The summed E-state index contributed by atoms with van der Waals surface area (Å²) in [6.07, 6.45) is 5.65. The number of furan rings is 1. The van der Waals surface area contributed by atoms with Gasteiger partial charge >= 0.3 is 0 Å². The van der Waals surface area contributed by atoms with E-state index in [0.29, 0.717) is 5.58 Å². The Balaban J connectivity index is 1.82. The van der Waals surface area contributed by atoms with Crippen molar-refractivity contribution >= 4 is 16.9 Å². The van der Waals surface area contributed by atoms with Gasteiger partial charge in [0.25, 0.3) is 5.91 Å². The molecule has 108 valence electrons. The van der Waals surface area contributed by atoms with Crippen molar-refractivity contribution in [3.8, 4) is 6.07 Å². The van der Waals surface area contributed by atoms with E-state index in [2.05, 4.69) is 11.4 Å². The van der Waals surface area contributed by atoms with Crippen LogP contribution in [0.5, 0.6) is 0 Å². The molecule has 3 rings (SSSR count). The van der Waals surface area contributed by atoms with Gasteiger partial charge in [-0.05, 0) is 25.0 Å². The van der Waals surface area contributed by atoms with Crippen LogP contribution in [0.2, 0.25) is 0 Å². The second kappa shape index (κ2) is 5.61. The van der Waals surface area contributed by atoms with Crippen molar-refractivity contribution in [3.63, 3.8) is 0 Å². The number of carbonyl (C=O) groups excluding carboxylic acids is 1. The third-order valence-corrected chi connectivity index (χ3v) is 4.17. The SMILES string of the molecule is N#CC1(NC(=O)c2cc3ccccc3o2)CCCCCC1. The van der Waals surface area contributed by atoms with Gasteiger partial charge in [-0.3, -0.25) is 4.79 Å². The van der Waals surface area contributed by atoms with Gasteiger partial charge in [0.05, 0.1) is 6.07 Å². The maximum absolute atomic E-state index is 12.4. The fourth-order valence-electron chi connectivity index (χ4n) is 2.97. The summed E-state index contributed by atoms with van der Waals surface area (Å²) in [4.78, 5) is 12.4. The second-order valence-electron chi connectivity index (χ2n) is 5.71. The third-order valence-electron chi connectivity index (χ3n) is 4.17. The largest absolute Gasteiger partial charge is 0.451 e. The first-order valence-electron chi connectivity index (χ1n) is 7.45. The van der Waals surface area contributed by atoms with Crippen molar-refractivity contribution in [2.75, 3.05) is 0 Å². The highest BCUT2D eigenvalue weighted by molar-refractivity contribution is 5.96. The Morgan fingerprint density at radius 2 is 1.90 bits per heavy atom. The molecule has 1 N–H and O–H groups in total. The Morgan fingerprint density at radius 3 is 2.57 bits per heavy atom. The minimum atomic E-state index is -0.743. The molecule has 1 aliphatic rings. The predicted octanol–water partition coefficient (Wildman–Crippen LogP) is 3.78. The summed E-state index contributed by atoms with van der Waals surface area (Å²) < 4.78 is 5.57. The van der Waals surface area contributed by atoms with E-state index in [0.717, 1.165) is 43.9 Å². The Morgan fingerprint density at radius 1 is 1.19 bits per heavy atom. The van der Waals surface area contributed by atoms with Gasteiger partial charge in [-0.25, -0.2) is 0 Å². The molecule has 4 heteroatoms. The van der Waals surface area contributed by atoms with E-state index in [1.165, 1.54) is 0 Å². The highest BCUT2D eigenvalue weighted by Gasteiger charge is 2.33. The summed E-state index contributed by atoms with van der Waals surface area (Å²) in [6.45, 7) is 0. The average molecular weight is 282 g/mol. The molecule has 1 amide bonds. The summed E-state index contributed by atoms with van der Waals surface area (Å²) >= 11 is 0. The predicted molar refractivity (Wildman–Crippen MR) is 79.7 cm³/mol. The number of nitrogens with zero attached hydrogens (tertiary/aromatic N) is 1. The summed E-state index contributed by atoms with van der Waals surface area (Å²) in [7, 11) is 0. The molecule has 0 radical (unpaired) electrons. The number of hydrogen-bond donors (Lipinski definition) is 1. The van der Waals surface area contributed by atoms with Gasteiger partial charge in [-0.2, -0.15) is 5.26 Å². The van der Waals surface area contributed by atoms with E-state index in [1.807, 2.05) is 24.3 Å². The Labute approximate surface area is 123 Å². The molecule has 1 aromatic carbocycles. The molecule has 0 spiro atoms. The lowest BCUT2D eigenvalue weighted by Crippen LogP contribution is -2.46. The van der Waals surface area contributed by atoms with Crippen molar-refractivity contribution in [1.29, 1.82) is 5.26 Å². The lowest BCUT2D eigenvalue weighted by molar-refractivity contribution is 0.0886. The van der Waals surface area contributed by atoms with Crippen LogP contribution in [-0.2, 0) is 0 Å². The fraction of sp³-hybridized carbons (Fsp3) is 0.412. The van der Waals surface area contributed by atoms with Gasteiger partial charge in [-0.1, -0.05) is 43.9 Å². The molecular formula is C17H18N2O2. The van der Waals surface area contributed by atoms with E-state index < -0.39 is 5.54 Å². The summed E-state index contributed by atoms with van der Waals surface area (Å²) in [6, 6.07) is 11.6. The van der Waals surface area contributed by atoms with Crippen LogP contribution in [0.3, 0.4) is 0 Å². The second-order valence-corrected chi connectivity index (χ2v) is 5.71. The van der Waals surface area contributed by atoms with Crippen LogP contribution in [0.25, 0.3) is 11.0 Å². The molecule has 4 nitrogen and oxygen atoms in total. The number of fused-ring (bicyclic) bond motifs is 1. The number of rotatable bonds is 2. The van der Waals surface area contributed by atoms with Crippen LogP contribution < -0.4 is 5.32 Å². The van der Waals surface area contributed by atoms with Crippen molar-refractivity contribution in [2.24, 2.45) is 0 Å². The molecule has 1 fully saturated rings. The smallest absolute Gasteiger partial charge is 0.288 e. The molecule has 0 atom stereocenters. The van der Waals surface area contributed by atoms with Crippen molar-refractivity contribution in [2.45, 2.75) is 44.1 Å². The van der Waals surface area contributed by atoms with Gasteiger partial charge in [-0.15, -0.1) is 0 Å². The molecule has 1 heterocycles. The maximum Gasteiger partial charge on any atom is 0.288 e. The molecule has 0 unspecified atom stereocenters. The lowest BCUT2D eigenvalue weighted by atomic mass is 9.92. The summed E-state index contributed by atoms with van der Waals surface area (Å²) in [5.41, 5.74) is -0.0541. The summed E-state index contributed by atoms with van der Waals surface area (Å²) in [5, 5.41) is 13.3. The first-order valence-corrected chi connectivity index (χ1v) is 7.45. The number of hydrogen-bond acceptors (Lipinski definition) is 3. The zero-order valence-electron chi connectivity index (χ0n) is 11.9. The third kappa shape index (κ3) is 2.78.